The number of nitrogens with one attached hydrogen (secondary N) is 1. The number of benzene rings is 2. The average molecular weight is 417 g/mol. The molecular weight excluding hydrogens is 403 g/mol. The molecule has 2 aromatic carbocycles. The Morgan fingerprint density at radius 1 is 1.03 bits per heavy atom. The first-order valence-electron chi connectivity index (χ1n) is 8.51. The second-order valence-electron chi connectivity index (χ2n) is 6.21. The largest absolute Gasteiger partial charge is 0.416 e. The van der Waals surface area contributed by atoms with E-state index in [1.807, 2.05) is 31.2 Å². The van der Waals surface area contributed by atoms with Gasteiger partial charge in [-0.25, -0.2) is 4.98 Å². The summed E-state index contributed by atoms with van der Waals surface area (Å²) in [4.78, 5) is 8.57. The highest BCUT2D eigenvalue weighted by Gasteiger charge is 2.30. The summed E-state index contributed by atoms with van der Waals surface area (Å²) >= 11 is 1.28. The number of aromatic nitrogens is 5. The van der Waals surface area contributed by atoms with Crippen LogP contribution < -0.4 is 0 Å². The third kappa shape index (κ3) is 4.48. The van der Waals surface area contributed by atoms with Crippen molar-refractivity contribution in [1.82, 2.24) is 25.3 Å². The first-order chi connectivity index (χ1) is 13.9. The SMILES string of the molecule is Cc1ccc(-c2nc(SCc3nc(-c4cccc(C(F)(F)F)c4)no3)n[nH]2)cc1. The fourth-order valence-corrected chi connectivity index (χ4v) is 3.18. The molecule has 2 aromatic heterocycles. The van der Waals surface area contributed by atoms with Gasteiger partial charge in [0.05, 0.1) is 11.3 Å². The molecule has 0 spiro atoms. The van der Waals surface area contributed by atoms with Crippen LogP contribution in [-0.2, 0) is 11.9 Å². The number of H-pyrrole nitrogens is 1. The van der Waals surface area contributed by atoms with E-state index in [-0.39, 0.29) is 23.0 Å². The van der Waals surface area contributed by atoms with Crippen LogP contribution >= 0.6 is 11.8 Å². The number of rotatable bonds is 5. The van der Waals surface area contributed by atoms with E-state index < -0.39 is 11.7 Å². The summed E-state index contributed by atoms with van der Waals surface area (Å²) in [6.45, 7) is 2.00. The van der Waals surface area contributed by atoms with Crippen LogP contribution in [0.5, 0.6) is 0 Å². The molecule has 0 atom stereocenters. The number of halogens is 3. The Kier molecular flexibility index (Phi) is 5.10. The predicted octanol–water partition coefficient (Wildman–Crippen LogP) is 5.14. The monoisotopic (exact) mass is 417 g/mol. The van der Waals surface area contributed by atoms with Crippen molar-refractivity contribution in [3.63, 3.8) is 0 Å². The third-order valence-electron chi connectivity index (χ3n) is 4.03. The molecule has 4 rings (SSSR count). The van der Waals surface area contributed by atoms with Gasteiger partial charge in [0.2, 0.25) is 16.9 Å². The summed E-state index contributed by atoms with van der Waals surface area (Å²) in [5.41, 5.74) is 1.54. The van der Waals surface area contributed by atoms with Crippen molar-refractivity contribution in [2.24, 2.45) is 0 Å². The van der Waals surface area contributed by atoms with Crippen LogP contribution in [-0.4, -0.2) is 25.3 Å². The lowest BCUT2D eigenvalue weighted by atomic mass is 10.1. The van der Waals surface area contributed by atoms with Crippen molar-refractivity contribution in [3.8, 4) is 22.8 Å². The number of hydrogen-bond acceptors (Lipinski definition) is 6. The quantitative estimate of drug-likeness (QED) is 0.453. The molecule has 6 nitrogen and oxygen atoms in total. The Bertz CT molecular complexity index is 1120. The van der Waals surface area contributed by atoms with Crippen molar-refractivity contribution in [3.05, 3.63) is 65.5 Å². The van der Waals surface area contributed by atoms with Gasteiger partial charge in [-0.2, -0.15) is 18.2 Å². The number of aromatic amines is 1. The van der Waals surface area contributed by atoms with Crippen molar-refractivity contribution < 1.29 is 17.7 Å². The van der Waals surface area contributed by atoms with Gasteiger partial charge < -0.3 is 4.52 Å². The molecule has 0 aliphatic carbocycles. The normalized spacial score (nSPS) is 11.7. The van der Waals surface area contributed by atoms with E-state index in [4.69, 9.17) is 4.52 Å². The zero-order valence-corrected chi connectivity index (χ0v) is 15.9. The fourth-order valence-electron chi connectivity index (χ4n) is 2.54. The van der Waals surface area contributed by atoms with Crippen LogP contribution in [0.4, 0.5) is 13.2 Å². The van der Waals surface area contributed by atoms with Gasteiger partial charge in [0.25, 0.3) is 0 Å². The van der Waals surface area contributed by atoms with Gasteiger partial charge in [0.15, 0.2) is 5.82 Å². The Labute approximate surface area is 167 Å². The van der Waals surface area contributed by atoms with Crippen molar-refractivity contribution in [1.29, 1.82) is 0 Å². The maximum Gasteiger partial charge on any atom is 0.416 e. The standard InChI is InChI=1S/C19H14F3N5OS/c1-11-5-7-12(8-6-11)16-24-18(26-25-16)29-10-15-23-17(27-28-15)13-3-2-4-14(9-13)19(20,21)22/h2-9H,10H2,1H3,(H,24,25,26). The van der Waals surface area contributed by atoms with E-state index in [1.165, 1.54) is 23.9 Å². The van der Waals surface area contributed by atoms with Gasteiger partial charge in [0, 0.05) is 11.1 Å². The minimum absolute atomic E-state index is 0.0991. The van der Waals surface area contributed by atoms with Crippen LogP contribution in [0.1, 0.15) is 17.0 Å². The lowest BCUT2D eigenvalue weighted by Gasteiger charge is -2.06. The second kappa shape index (κ2) is 7.70. The minimum atomic E-state index is -4.43. The smallest absolute Gasteiger partial charge is 0.338 e. The first kappa shape index (κ1) is 19.2. The molecule has 0 unspecified atom stereocenters. The molecule has 0 saturated heterocycles. The molecule has 0 amide bonds. The van der Waals surface area contributed by atoms with E-state index in [0.29, 0.717) is 11.0 Å². The van der Waals surface area contributed by atoms with E-state index in [2.05, 4.69) is 25.3 Å². The molecular formula is C19H14F3N5OS. The fraction of sp³-hybridized carbons (Fsp3) is 0.158. The second-order valence-corrected chi connectivity index (χ2v) is 7.15. The highest BCUT2D eigenvalue weighted by Crippen LogP contribution is 2.31. The van der Waals surface area contributed by atoms with Crippen molar-refractivity contribution >= 4 is 11.8 Å². The number of alkyl halides is 3. The molecule has 148 valence electrons. The lowest BCUT2D eigenvalue weighted by molar-refractivity contribution is -0.137. The van der Waals surface area contributed by atoms with Crippen LogP contribution in [0, 0.1) is 6.92 Å². The van der Waals surface area contributed by atoms with Crippen LogP contribution in [0.15, 0.2) is 58.2 Å². The van der Waals surface area contributed by atoms with Gasteiger partial charge in [-0.05, 0) is 19.1 Å². The van der Waals surface area contributed by atoms with Gasteiger partial charge in [0.1, 0.15) is 0 Å². The molecule has 0 fully saturated rings. The van der Waals surface area contributed by atoms with Gasteiger partial charge >= 0.3 is 6.18 Å². The topological polar surface area (TPSA) is 80.5 Å². The highest BCUT2D eigenvalue weighted by molar-refractivity contribution is 7.98. The van der Waals surface area contributed by atoms with Gasteiger partial charge in [-0.1, -0.05) is 58.9 Å². The maximum absolute atomic E-state index is 12.9. The molecule has 0 saturated carbocycles. The summed E-state index contributed by atoms with van der Waals surface area (Å²) in [5, 5.41) is 11.3. The first-order valence-corrected chi connectivity index (χ1v) is 9.49. The predicted molar refractivity (Wildman–Crippen MR) is 101 cm³/mol. The zero-order chi connectivity index (χ0) is 20.4. The molecule has 2 heterocycles. The number of nitrogens with zero attached hydrogens (tertiary/aromatic N) is 4. The van der Waals surface area contributed by atoms with Crippen LogP contribution in [0.3, 0.4) is 0 Å². The Morgan fingerprint density at radius 3 is 2.59 bits per heavy atom. The Hall–Kier alpha value is -3.14. The van der Waals surface area contributed by atoms with E-state index in [0.717, 1.165) is 23.3 Å². The summed E-state index contributed by atoms with van der Waals surface area (Å²) in [5.74, 6) is 1.30. The summed E-state index contributed by atoms with van der Waals surface area (Å²) < 4.78 is 43.7. The summed E-state index contributed by atoms with van der Waals surface area (Å²) in [7, 11) is 0. The molecule has 1 N–H and O–H groups in total. The Balaban J connectivity index is 1.43. The number of aryl methyl sites for hydroxylation is 1. The van der Waals surface area contributed by atoms with E-state index in [9.17, 15) is 13.2 Å². The number of thioether (sulfide) groups is 1. The zero-order valence-electron chi connectivity index (χ0n) is 15.1. The van der Waals surface area contributed by atoms with Crippen molar-refractivity contribution in [2.75, 3.05) is 0 Å². The molecule has 0 aliphatic rings. The van der Waals surface area contributed by atoms with Gasteiger partial charge in [-0.15, -0.1) is 5.10 Å². The number of hydrogen-bond donors (Lipinski definition) is 1. The van der Waals surface area contributed by atoms with E-state index >= 15 is 0 Å². The van der Waals surface area contributed by atoms with Crippen molar-refractivity contribution in [2.45, 2.75) is 24.0 Å². The maximum atomic E-state index is 12.9. The molecule has 29 heavy (non-hydrogen) atoms. The summed E-state index contributed by atoms with van der Waals surface area (Å²) in [6.07, 6.45) is -4.43. The van der Waals surface area contributed by atoms with E-state index in [1.54, 1.807) is 0 Å². The Morgan fingerprint density at radius 2 is 1.83 bits per heavy atom. The molecule has 10 heteroatoms. The van der Waals surface area contributed by atoms with Gasteiger partial charge in [-0.3, -0.25) is 5.10 Å². The average Bonchev–Trinajstić information content (AvgIpc) is 3.36. The lowest BCUT2D eigenvalue weighted by Crippen LogP contribution is -2.04. The van der Waals surface area contributed by atoms with Crippen LogP contribution in [0.25, 0.3) is 22.8 Å². The molecule has 0 aliphatic heterocycles. The summed E-state index contributed by atoms with van der Waals surface area (Å²) in [6, 6.07) is 12.7. The highest BCUT2D eigenvalue weighted by atomic mass is 32.2. The van der Waals surface area contributed by atoms with Crippen LogP contribution in [0.2, 0.25) is 0 Å². The third-order valence-corrected chi connectivity index (χ3v) is 4.86. The molecule has 0 bridgehead atoms. The minimum Gasteiger partial charge on any atom is -0.338 e. The molecule has 0 radical (unpaired) electrons. The molecule has 4 aromatic rings.